The summed E-state index contributed by atoms with van der Waals surface area (Å²) in [6, 6.07) is 17.3. The molecular weight excluding hydrogens is 388 g/mol. The SMILES string of the molecule is CCCN1C(=S)N[C@@H](c2ccccn2)[C@@H]1c1cc(C)n(-c2ccccc2CC)c1C. The van der Waals surface area contributed by atoms with Crippen molar-refractivity contribution in [3.63, 3.8) is 0 Å². The van der Waals surface area contributed by atoms with E-state index in [1.807, 2.05) is 18.3 Å². The van der Waals surface area contributed by atoms with Crippen molar-refractivity contribution in [1.29, 1.82) is 0 Å². The number of nitrogens with one attached hydrogen (secondary N) is 1. The fourth-order valence-corrected chi connectivity index (χ4v) is 5.04. The van der Waals surface area contributed by atoms with Gasteiger partial charge in [0.05, 0.1) is 17.8 Å². The minimum absolute atomic E-state index is 0.0422. The number of rotatable bonds is 6. The Morgan fingerprint density at radius 3 is 2.53 bits per heavy atom. The van der Waals surface area contributed by atoms with E-state index in [1.54, 1.807) is 0 Å². The van der Waals surface area contributed by atoms with E-state index in [2.05, 4.69) is 83.9 Å². The van der Waals surface area contributed by atoms with E-state index in [0.29, 0.717) is 0 Å². The number of thiocarbonyl (C=S) groups is 1. The second kappa shape index (κ2) is 8.60. The highest BCUT2D eigenvalue weighted by Crippen LogP contribution is 2.41. The van der Waals surface area contributed by atoms with Crippen molar-refractivity contribution in [2.75, 3.05) is 6.54 Å². The maximum absolute atomic E-state index is 5.76. The summed E-state index contributed by atoms with van der Waals surface area (Å²) in [5, 5.41) is 4.37. The first kappa shape index (κ1) is 20.6. The molecule has 30 heavy (non-hydrogen) atoms. The van der Waals surface area contributed by atoms with Gasteiger partial charge in [0.15, 0.2) is 5.11 Å². The van der Waals surface area contributed by atoms with Crippen LogP contribution in [0.15, 0.2) is 54.7 Å². The molecular formula is C25H30N4S. The smallest absolute Gasteiger partial charge is 0.170 e. The van der Waals surface area contributed by atoms with Crippen LogP contribution in [0.1, 0.15) is 60.6 Å². The van der Waals surface area contributed by atoms with Crippen LogP contribution in [0, 0.1) is 13.8 Å². The van der Waals surface area contributed by atoms with Gasteiger partial charge >= 0.3 is 0 Å². The molecule has 0 bridgehead atoms. The quantitative estimate of drug-likeness (QED) is 0.541. The lowest BCUT2D eigenvalue weighted by atomic mass is 9.96. The average Bonchev–Trinajstić information content (AvgIpc) is 3.24. The molecule has 2 atom stereocenters. The topological polar surface area (TPSA) is 33.1 Å². The Morgan fingerprint density at radius 1 is 1.07 bits per heavy atom. The number of nitrogens with zero attached hydrogens (tertiary/aromatic N) is 3. The number of aryl methyl sites for hydroxylation is 2. The highest BCUT2D eigenvalue weighted by Gasteiger charge is 2.40. The largest absolute Gasteiger partial charge is 0.352 e. The molecule has 156 valence electrons. The van der Waals surface area contributed by atoms with Crippen molar-refractivity contribution >= 4 is 17.3 Å². The number of para-hydroxylation sites is 1. The fourth-order valence-electron chi connectivity index (χ4n) is 4.71. The molecule has 5 heteroatoms. The Morgan fingerprint density at radius 2 is 1.83 bits per heavy atom. The zero-order chi connectivity index (χ0) is 21.3. The number of hydrogen-bond acceptors (Lipinski definition) is 2. The number of pyridine rings is 1. The van der Waals surface area contributed by atoms with Crippen molar-refractivity contribution in [2.45, 2.75) is 52.6 Å². The molecule has 4 nitrogen and oxygen atoms in total. The molecule has 0 aliphatic carbocycles. The molecule has 3 aromatic rings. The van der Waals surface area contributed by atoms with E-state index < -0.39 is 0 Å². The third kappa shape index (κ3) is 3.52. The lowest BCUT2D eigenvalue weighted by Gasteiger charge is -2.28. The van der Waals surface area contributed by atoms with Gasteiger partial charge in [-0.3, -0.25) is 4.98 Å². The summed E-state index contributed by atoms with van der Waals surface area (Å²) >= 11 is 5.76. The van der Waals surface area contributed by atoms with Crippen LogP contribution in [0.4, 0.5) is 0 Å². The van der Waals surface area contributed by atoms with Gasteiger partial charge in [0.2, 0.25) is 0 Å². The van der Waals surface area contributed by atoms with E-state index in [9.17, 15) is 0 Å². The zero-order valence-corrected chi connectivity index (χ0v) is 19.0. The van der Waals surface area contributed by atoms with Crippen LogP contribution in [0.25, 0.3) is 5.69 Å². The minimum atomic E-state index is 0.0422. The van der Waals surface area contributed by atoms with Gasteiger partial charge in [-0.25, -0.2) is 0 Å². The van der Waals surface area contributed by atoms with Crippen LogP contribution >= 0.6 is 12.2 Å². The van der Waals surface area contributed by atoms with Crippen LogP contribution in [0.2, 0.25) is 0 Å². The van der Waals surface area contributed by atoms with Crippen LogP contribution in [-0.2, 0) is 6.42 Å². The lowest BCUT2D eigenvalue weighted by molar-refractivity contribution is 0.316. The molecule has 1 aromatic carbocycles. The standard InChI is InChI=1S/C25H30N4S/c1-5-15-28-24(23(27-25(28)30)21-12-9-10-14-26-21)20-16-17(3)29(18(20)4)22-13-8-7-11-19(22)6-2/h7-14,16,23-24H,5-6,15H2,1-4H3,(H,27,30)/t23-,24-/m0/s1. The highest BCUT2D eigenvalue weighted by atomic mass is 32.1. The summed E-state index contributed by atoms with van der Waals surface area (Å²) < 4.78 is 2.40. The van der Waals surface area contributed by atoms with Crippen molar-refractivity contribution < 1.29 is 0 Å². The van der Waals surface area contributed by atoms with Crippen LogP contribution in [0.3, 0.4) is 0 Å². The summed E-state index contributed by atoms with van der Waals surface area (Å²) in [4.78, 5) is 6.99. The van der Waals surface area contributed by atoms with Crippen molar-refractivity contribution in [2.24, 2.45) is 0 Å². The third-order valence-corrected chi connectivity index (χ3v) is 6.42. The first-order chi connectivity index (χ1) is 14.6. The van der Waals surface area contributed by atoms with Gasteiger partial charge < -0.3 is 14.8 Å². The van der Waals surface area contributed by atoms with Gasteiger partial charge in [0.25, 0.3) is 0 Å². The van der Waals surface area contributed by atoms with Crippen LogP contribution < -0.4 is 5.32 Å². The predicted molar refractivity (Wildman–Crippen MR) is 127 cm³/mol. The van der Waals surface area contributed by atoms with Crippen molar-refractivity contribution in [3.05, 3.63) is 82.9 Å². The Hall–Kier alpha value is -2.66. The van der Waals surface area contributed by atoms with Gasteiger partial charge in [-0.2, -0.15) is 0 Å². The van der Waals surface area contributed by atoms with Crippen LogP contribution in [-0.4, -0.2) is 26.1 Å². The summed E-state index contributed by atoms with van der Waals surface area (Å²) in [5.41, 5.74) is 7.49. The van der Waals surface area contributed by atoms with Crippen molar-refractivity contribution in [1.82, 2.24) is 19.8 Å². The summed E-state index contributed by atoms with van der Waals surface area (Å²) in [6.07, 6.45) is 3.92. The first-order valence-electron chi connectivity index (χ1n) is 10.8. The molecule has 0 amide bonds. The molecule has 3 heterocycles. The van der Waals surface area contributed by atoms with E-state index in [4.69, 9.17) is 12.2 Å². The van der Waals surface area contributed by atoms with E-state index in [0.717, 1.165) is 30.2 Å². The van der Waals surface area contributed by atoms with Crippen molar-refractivity contribution in [3.8, 4) is 5.69 Å². The lowest BCUT2D eigenvalue weighted by Crippen LogP contribution is -2.30. The monoisotopic (exact) mass is 418 g/mol. The summed E-state index contributed by atoms with van der Waals surface area (Å²) in [7, 11) is 0. The van der Waals surface area contributed by atoms with Gasteiger partial charge in [-0.15, -0.1) is 0 Å². The number of benzene rings is 1. The van der Waals surface area contributed by atoms with Gasteiger partial charge in [0, 0.05) is 29.8 Å². The number of aromatic nitrogens is 2. The Bertz CT molecular complexity index is 1040. The van der Waals surface area contributed by atoms with Crippen LogP contribution in [0.5, 0.6) is 0 Å². The molecule has 1 fully saturated rings. The number of hydrogen-bond donors (Lipinski definition) is 1. The molecule has 0 radical (unpaired) electrons. The highest BCUT2D eigenvalue weighted by molar-refractivity contribution is 7.80. The average molecular weight is 419 g/mol. The Labute approximate surface area is 184 Å². The minimum Gasteiger partial charge on any atom is -0.352 e. The summed E-state index contributed by atoms with van der Waals surface area (Å²) in [6.45, 7) is 9.77. The first-order valence-corrected chi connectivity index (χ1v) is 11.2. The molecule has 1 aliphatic rings. The van der Waals surface area contributed by atoms with E-state index in [1.165, 1.54) is 28.2 Å². The van der Waals surface area contributed by atoms with E-state index in [-0.39, 0.29) is 12.1 Å². The Balaban J connectivity index is 1.85. The molecule has 1 aliphatic heterocycles. The van der Waals surface area contributed by atoms with Gasteiger partial charge in [-0.1, -0.05) is 38.1 Å². The zero-order valence-electron chi connectivity index (χ0n) is 18.2. The molecule has 1 N–H and O–H groups in total. The predicted octanol–water partition coefficient (Wildman–Crippen LogP) is 5.43. The molecule has 0 saturated carbocycles. The fraction of sp³-hybridized carbons (Fsp3) is 0.360. The molecule has 0 unspecified atom stereocenters. The van der Waals surface area contributed by atoms with E-state index >= 15 is 0 Å². The molecule has 4 rings (SSSR count). The molecule has 0 spiro atoms. The maximum Gasteiger partial charge on any atom is 0.170 e. The maximum atomic E-state index is 5.76. The van der Waals surface area contributed by atoms with Gasteiger partial charge in [0.1, 0.15) is 0 Å². The van der Waals surface area contributed by atoms with Gasteiger partial charge in [-0.05, 0) is 74.3 Å². The second-order valence-corrected chi connectivity index (χ2v) is 8.35. The molecule has 2 aromatic heterocycles. The Kier molecular flexibility index (Phi) is 5.91. The molecule has 1 saturated heterocycles. The third-order valence-electron chi connectivity index (χ3n) is 6.06. The second-order valence-electron chi connectivity index (χ2n) is 7.96. The normalized spacial score (nSPS) is 18.7. The summed E-state index contributed by atoms with van der Waals surface area (Å²) in [5.74, 6) is 0.